The van der Waals surface area contributed by atoms with Gasteiger partial charge in [-0.3, -0.25) is 9.20 Å². The Bertz CT molecular complexity index is 977. The zero-order valence-corrected chi connectivity index (χ0v) is 15.3. The van der Waals surface area contributed by atoms with Crippen LogP contribution in [0.1, 0.15) is 16.8 Å². The van der Waals surface area contributed by atoms with E-state index in [0.29, 0.717) is 6.42 Å². The van der Waals surface area contributed by atoms with Gasteiger partial charge in [0.25, 0.3) is 5.91 Å². The lowest BCUT2D eigenvalue weighted by molar-refractivity contribution is 0.0951. The summed E-state index contributed by atoms with van der Waals surface area (Å²) in [4.78, 5) is 17.2. The molecule has 0 aliphatic carbocycles. The zero-order valence-electron chi connectivity index (χ0n) is 14.5. The van der Waals surface area contributed by atoms with E-state index in [0.717, 1.165) is 11.0 Å². The van der Waals surface area contributed by atoms with E-state index in [1.54, 1.807) is 12.1 Å². The fraction of sp³-hybridized carbons (Fsp3) is 0.222. The van der Waals surface area contributed by atoms with E-state index in [1.807, 2.05) is 6.26 Å². The first-order chi connectivity index (χ1) is 13.0. The number of carbonyl (C=O) groups is 1. The average Bonchev–Trinajstić information content (AvgIpc) is 3.15. The average molecular weight is 392 g/mol. The molecule has 0 atom stereocenters. The Balaban J connectivity index is 2.04. The van der Waals surface area contributed by atoms with Crippen LogP contribution in [0.4, 0.5) is 20.3 Å². The lowest BCUT2D eigenvalue weighted by Crippen LogP contribution is -2.26. The number of amides is 1. The first-order valence-corrected chi connectivity index (χ1v) is 9.41. The highest BCUT2D eigenvalue weighted by atomic mass is 32.2. The number of anilines is 2. The zero-order chi connectivity index (χ0) is 19.4. The molecule has 0 spiro atoms. The standard InChI is InChI=1S/C18H18F2N4O2S/c1-27-11-3-4-15(13(19)7-11)23-17-12(18(26)22-5-2-6-25)8-14(20)16-9-21-10-24(16)17/h3-4,7-10,23,25H,2,5-6H2,1H3,(H,22,26). The van der Waals surface area contributed by atoms with Gasteiger partial charge < -0.3 is 15.7 Å². The summed E-state index contributed by atoms with van der Waals surface area (Å²) in [5.41, 5.74) is 0.314. The first-order valence-electron chi connectivity index (χ1n) is 8.19. The number of hydrogen-bond donors (Lipinski definition) is 3. The third-order valence-corrected chi connectivity index (χ3v) is 4.67. The molecule has 1 amide bonds. The molecule has 3 aromatic rings. The van der Waals surface area contributed by atoms with Gasteiger partial charge >= 0.3 is 0 Å². The molecule has 27 heavy (non-hydrogen) atoms. The van der Waals surface area contributed by atoms with Crippen LogP contribution in [-0.4, -0.2) is 39.8 Å². The fourth-order valence-corrected chi connectivity index (χ4v) is 3.00. The number of rotatable bonds is 7. The van der Waals surface area contributed by atoms with Crippen molar-refractivity contribution in [2.24, 2.45) is 0 Å². The number of aliphatic hydroxyl groups is 1. The Labute approximate surface area is 158 Å². The quantitative estimate of drug-likeness (QED) is 0.425. The summed E-state index contributed by atoms with van der Waals surface area (Å²) in [5, 5.41) is 14.3. The lowest BCUT2D eigenvalue weighted by Gasteiger charge is -2.16. The highest BCUT2D eigenvalue weighted by Crippen LogP contribution is 2.28. The number of benzene rings is 1. The summed E-state index contributed by atoms with van der Waals surface area (Å²) < 4.78 is 30.1. The van der Waals surface area contributed by atoms with Gasteiger partial charge in [0.1, 0.15) is 29.3 Å². The molecule has 0 saturated carbocycles. The molecule has 3 rings (SSSR count). The summed E-state index contributed by atoms with van der Waals surface area (Å²) >= 11 is 1.41. The van der Waals surface area contributed by atoms with Crippen molar-refractivity contribution in [2.45, 2.75) is 11.3 Å². The van der Waals surface area contributed by atoms with Crippen LogP contribution in [0.15, 0.2) is 41.7 Å². The smallest absolute Gasteiger partial charge is 0.255 e. The van der Waals surface area contributed by atoms with Crippen molar-refractivity contribution in [3.8, 4) is 0 Å². The van der Waals surface area contributed by atoms with E-state index in [-0.39, 0.29) is 35.7 Å². The van der Waals surface area contributed by atoms with Gasteiger partial charge in [-0.05, 0) is 36.9 Å². The molecule has 142 valence electrons. The van der Waals surface area contributed by atoms with E-state index in [1.165, 1.54) is 34.8 Å². The summed E-state index contributed by atoms with van der Waals surface area (Å²) in [7, 11) is 0. The van der Waals surface area contributed by atoms with E-state index in [9.17, 15) is 13.6 Å². The van der Waals surface area contributed by atoms with Crippen LogP contribution in [-0.2, 0) is 0 Å². The van der Waals surface area contributed by atoms with Gasteiger partial charge in [-0.2, -0.15) is 0 Å². The minimum Gasteiger partial charge on any atom is -0.396 e. The topological polar surface area (TPSA) is 78.7 Å². The van der Waals surface area contributed by atoms with Crippen molar-refractivity contribution in [1.29, 1.82) is 0 Å². The number of aliphatic hydroxyl groups excluding tert-OH is 1. The summed E-state index contributed by atoms with van der Waals surface area (Å²) in [5.74, 6) is -1.46. The number of halogens is 2. The van der Waals surface area contributed by atoms with E-state index in [4.69, 9.17) is 5.11 Å². The number of nitrogens with one attached hydrogen (secondary N) is 2. The van der Waals surface area contributed by atoms with Gasteiger partial charge in [0.15, 0.2) is 0 Å². The second kappa shape index (κ2) is 8.36. The monoisotopic (exact) mass is 392 g/mol. The first kappa shape index (κ1) is 19.1. The van der Waals surface area contributed by atoms with Gasteiger partial charge in [-0.1, -0.05) is 0 Å². The Hall–Kier alpha value is -2.65. The summed E-state index contributed by atoms with van der Waals surface area (Å²) in [6, 6.07) is 5.76. The molecule has 0 aliphatic heterocycles. The Morgan fingerprint density at radius 1 is 1.30 bits per heavy atom. The predicted octanol–water partition coefficient (Wildman–Crippen LogP) is 3.19. The number of hydrogen-bond acceptors (Lipinski definition) is 5. The second-order valence-electron chi connectivity index (χ2n) is 5.71. The summed E-state index contributed by atoms with van der Waals surface area (Å²) in [6.07, 6.45) is 4.88. The minimum atomic E-state index is -0.622. The van der Waals surface area contributed by atoms with Gasteiger partial charge in [0.2, 0.25) is 0 Å². The van der Waals surface area contributed by atoms with Crippen molar-refractivity contribution in [3.05, 3.63) is 54.0 Å². The van der Waals surface area contributed by atoms with Gasteiger partial charge in [0.05, 0.1) is 17.4 Å². The van der Waals surface area contributed by atoms with Crippen LogP contribution in [0.5, 0.6) is 0 Å². The molecule has 2 heterocycles. The van der Waals surface area contributed by atoms with Crippen molar-refractivity contribution < 1.29 is 18.7 Å². The largest absolute Gasteiger partial charge is 0.396 e. The number of carbonyl (C=O) groups excluding carboxylic acids is 1. The molecule has 0 bridgehead atoms. The van der Waals surface area contributed by atoms with Crippen LogP contribution in [0.25, 0.3) is 5.52 Å². The van der Waals surface area contributed by atoms with Crippen molar-refractivity contribution in [1.82, 2.24) is 14.7 Å². The Kier molecular flexibility index (Phi) is 5.92. The number of aromatic nitrogens is 2. The maximum absolute atomic E-state index is 14.4. The van der Waals surface area contributed by atoms with Crippen molar-refractivity contribution in [2.75, 3.05) is 24.7 Å². The number of thioether (sulfide) groups is 1. The Morgan fingerprint density at radius 3 is 2.81 bits per heavy atom. The molecule has 0 saturated heterocycles. The molecule has 0 aliphatic rings. The molecule has 0 unspecified atom stereocenters. The van der Waals surface area contributed by atoms with Crippen LogP contribution < -0.4 is 10.6 Å². The van der Waals surface area contributed by atoms with Crippen molar-refractivity contribution >= 4 is 34.7 Å². The van der Waals surface area contributed by atoms with Crippen LogP contribution >= 0.6 is 11.8 Å². The maximum Gasteiger partial charge on any atom is 0.255 e. The van der Waals surface area contributed by atoms with Gasteiger partial charge in [-0.25, -0.2) is 13.8 Å². The van der Waals surface area contributed by atoms with Gasteiger partial charge in [-0.15, -0.1) is 11.8 Å². The summed E-state index contributed by atoms with van der Waals surface area (Å²) in [6.45, 7) is 0.155. The molecule has 9 heteroatoms. The number of pyridine rings is 1. The maximum atomic E-state index is 14.4. The third kappa shape index (κ3) is 4.04. The van der Waals surface area contributed by atoms with E-state index < -0.39 is 17.5 Å². The second-order valence-corrected chi connectivity index (χ2v) is 6.59. The highest BCUT2D eigenvalue weighted by Gasteiger charge is 2.19. The predicted molar refractivity (Wildman–Crippen MR) is 101 cm³/mol. The molecule has 0 fully saturated rings. The number of fused-ring (bicyclic) bond motifs is 1. The van der Waals surface area contributed by atoms with E-state index in [2.05, 4.69) is 15.6 Å². The van der Waals surface area contributed by atoms with Crippen LogP contribution in [0, 0.1) is 11.6 Å². The minimum absolute atomic E-state index is 0.00397. The van der Waals surface area contributed by atoms with Crippen LogP contribution in [0.2, 0.25) is 0 Å². The molecule has 2 aromatic heterocycles. The number of imidazole rings is 1. The normalized spacial score (nSPS) is 11.0. The lowest BCUT2D eigenvalue weighted by atomic mass is 10.2. The SMILES string of the molecule is CSc1ccc(Nc2c(C(=O)NCCCO)cc(F)c3cncn23)c(F)c1. The van der Waals surface area contributed by atoms with E-state index >= 15 is 0 Å². The van der Waals surface area contributed by atoms with Crippen LogP contribution in [0.3, 0.4) is 0 Å². The van der Waals surface area contributed by atoms with Crippen molar-refractivity contribution in [3.63, 3.8) is 0 Å². The Morgan fingerprint density at radius 2 is 2.11 bits per heavy atom. The molecular weight excluding hydrogens is 374 g/mol. The van der Waals surface area contributed by atoms with Gasteiger partial charge in [0, 0.05) is 18.0 Å². The fourth-order valence-electron chi connectivity index (χ4n) is 2.58. The third-order valence-electron chi connectivity index (χ3n) is 3.94. The molecule has 1 aromatic carbocycles. The molecule has 6 nitrogen and oxygen atoms in total. The molecule has 0 radical (unpaired) electrons. The highest BCUT2D eigenvalue weighted by molar-refractivity contribution is 7.98. The molecular formula is C18H18F2N4O2S. The molecule has 3 N–H and O–H groups in total. The number of nitrogens with zero attached hydrogens (tertiary/aromatic N) is 2.